The standard InChI is InChI=1S/C24H31NO2/c1-4-22(20-14-13-18-9-5-6-10-19(18)15-20)25-24(26)16-27-23-12-8-7-11-21(23)17(2)3/h7-8,11-15,17,22H,4-6,9-10,16H2,1-3H3,(H,25,26). The van der Waals surface area contributed by atoms with Crippen LogP contribution in [-0.4, -0.2) is 12.5 Å². The van der Waals surface area contributed by atoms with E-state index in [1.54, 1.807) is 0 Å². The summed E-state index contributed by atoms with van der Waals surface area (Å²) in [5, 5.41) is 3.14. The first-order chi connectivity index (χ1) is 13.1. The highest BCUT2D eigenvalue weighted by Crippen LogP contribution is 2.27. The first-order valence-corrected chi connectivity index (χ1v) is 10.2. The van der Waals surface area contributed by atoms with Gasteiger partial charge >= 0.3 is 0 Å². The van der Waals surface area contributed by atoms with E-state index in [1.165, 1.54) is 36.0 Å². The van der Waals surface area contributed by atoms with Crippen molar-refractivity contribution in [3.8, 4) is 5.75 Å². The molecule has 0 radical (unpaired) electrons. The van der Waals surface area contributed by atoms with Crippen molar-refractivity contribution in [2.75, 3.05) is 6.61 Å². The van der Waals surface area contributed by atoms with Crippen molar-refractivity contribution in [3.63, 3.8) is 0 Å². The van der Waals surface area contributed by atoms with Crippen LogP contribution in [0.5, 0.6) is 5.75 Å². The van der Waals surface area contributed by atoms with Crippen LogP contribution in [-0.2, 0) is 17.6 Å². The lowest BCUT2D eigenvalue weighted by Crippen LogP contribution is -2.32. The third-order valence-corrected chi connectivity index (χ3v) is 5.42. The van der Waals surface area contributed by atoms with Crippen molar-refractivity contribution in [2.24, 2.45) is 0 Å². The molecule has 0 saturated carbocycles. The van der Waals surface area contributed by atoms with E-state index >= 15 is 0 Å². The summed E-state index contributed by atoms with van der Waals surface area (Å²) in [7, 11) is 0. The van der Waals surface area contributed by atoms with Crippen molar-refractivity contribution in [1.29, 1.82) is 0 Å². The minimum atomic E-state index is -0.0712. The second-order valence-electron chi connectivity index (χ2n) is 7.74. The number of benzene rings is 2. The predicted octanol–water partition coefficient (Wildman–Crippen LogP) is 5.34. The van der Waals surface area contributed by atoms with Crippen LogP contribution in [0, 0.1) is 0 Å². The lowest BCUT2D eigenvalue weighted by molar-refractivity contribution is -0.123. The van der Waals surface area contributed by atoms with Gasteiger partial charge in [-0.2, -0.15) is 0 Å². The molecule has 0 aliphatic heterocycles. The molecule has 27 heavy (non-hydrogen) atoms. The Hall–Kier alpha value is -2.29. The molecule has 2 aromatic rings. The molecule has 0 saturated heterocycles. The lowest BCUT2D eigenvalue weighted by Gasteiger charge is -2.22. The molecule has 0 fully saturated rings. The van der Waals surface area contributed by atoms with Crippen LogP contribution in [0.2, 0.25) is 0 Å². The zero-order valence-corrected chi connectivity index (χ0v) is 16.8. The molecular formula is C24H31NO2. The van der Waals surface area contributed by atoms with Gasteiger partial charge in [-0.1, -0.05) is 57.2 Å². The van der Waals surface area contributed by atoms with Crippen molar-refractivity contribution in [3.05, 3.63) is 64.7 Å². The fraction of sp³-hybridized carbons (Fsp3) is 0.458. The van der Waals surface area contributed by atoms with Crippen molar-refractivity contribution in [2.45, 2.75) is 64.8 Å². The number of nitrogens with one attached hydrogen (secondary N) is 1. The summed E-state index contributed by atoms with van der Waals surface area (Å²) in [6.45, 7) is 6.42. The minimum Gasteiger partial charge on any atom is -0.483 e. The zero-order chi connectivity index (χ0) is 19.2. The van der Waals surface area contributed by atoms with Gasteiger partial charge in [-0.3, -0.25) is 4.79 Å². The van der Waals surface area contributed by atoms with Crippen LogP contribution in [0.15, 0.2) is 42.5 Å². The van der Waals surface area contributed by atoms with Gasteiger partial charge in [-0.15, -0.1) is 0 Å². The van der Waals surface area contributed by atoms with Crippen molar-refractivity contribution < 1.29 is 9.53 Å². The van der Waals surface area contributed by atoms with Gasteiger partial charge in [0, 0.05) is 0 Å². The van der Waals surface area contributed by atoms with Crippen LogP contribution in [0.4, 0.5) is 0 Å². The molecular weight excluding hydrogens is 334 g/mol. The van der Waals surface area contributed by atoms with Gasteiger partial charge in [0.1, 0.15) is 5.75 Å². The second-order valence-corrected chi connectivity index (χ2v) is 7.74. The Morgan fingerprint density at radius 2 is 1.81 bits per heavy atom. The Balaban J connectivity index is 1.62. The monoisotopic (exact) mass is 365 g/mol. The Morgan fingerprint density at radius 1 is 1.07 bits per heavy atom. The van der Waals surface area contributed by atoms with Crippen LogP contribution in [0.25, 0.3) is 0 Å². The number of amides is 1. The number of hydrogen-bond acceptors (Lipinski definition) is 2. The van der Waals surface area contributed by atoms with Gasteiger partial charge in [0.25, 0.3) is 5.91 Å². The Bertz CT molecular complexity index is 782. The van der Waals surface area contributed by atoms with E-state index in [2.05, 4.69) is 50.4 Å². The number of rotatable bonds is 7. The van der Waals surface area contributed by atoms with Crippen LogP contribution < -0.4 is 10.1 Å². The number of carbonyl (C=O) groups is 1. The average molecular weight is 366 g/mol. The van der Waals surface area contributed by atoms with Crippen LogP contribution in [0.3, 0.4) is 0 Å². The number of para-hydroxylation sites is 1. The molecule has 1 unspecified atom stereocenters. The Labute approximate surface area is 163 Å². The number of fused-ring (bicyclic) bond motifs is 1. The maximum Gasteiger partial charge on any atom is 0.258 e. The molecule has 0 bridgehead atoms. The fourth-order valence-corrected chi connectivity index (χ4v) is 3.86. The third-order valence-electron chi connectivity index (χ3n) is 5.42. The number of hydrogen-bond donors (Lipinski definition) is 1. The van der Waals surface area contributed by atoms with E-state index in [-0.39, 0.29) is 18.6 Å². The fourth-order valence-electron chi connectivity index (χ4n) is 3.86. The van der Waals surface area contributed by atoms with Crippen LogP contribution >= 0.6 is 0 Å². The lowest BCUT2D eigenvalue weighted by atomic mass is 9.89. The summed E-state index contributed by atoms with van der Waals surface area (Å²) in [6.07, 6.45) is 5.76. The quantitative estimate of drug-likeness (QED) is 0.720. The second kappa shape index (κ2) is 9.07. The molecule has 1 atom stereocenters. The van der Waals surface area contributed by atoms with E-state index in [0.717, 1.165) is 24.2 Å². The van der Waals surface area contributed by atoms with E-state index < -0.39 is 0 Å². The molecule has 144 valence electrons. The molecule has 0 heterocycles. The summed E-state index contributed by atoms with van der Waals surface area (Å²) >= 11 is 0. The summed E-state index contributed by atoms with van der Waals surface area (Å²) in [6, 6.07) is 14.7. The zero-order valence-electron chi connectivity index (χ0n) is 16.8. The van der Waals surface area contributed by atoms with Gasteiger partial charge in [-0.25, -0.2) is 0 Å². The average Bonchev–Trinajstić information content (AvgIpc) is 2.70. The summed E-state index contributed by atoms with van der Waals surface area (Å²) in [4.78, 5) is 12.5. The molecule has 0 spiro atoms. The van der Waals surface area contributed by atoms with Crippen molar-refractivity contribution >= 4 is 5.91 Å². The Kier molecular flexibility index (Phi) is 6.54. The first kappa shape index (κ1) is 19.5. The van der Waals surface area contributed by atoms with E-state index in [0.29, 0.717) is 5.92 Å². The van der Waals surface area contributed by atoms with Gasteiger partial charge in [0.2, 0.25) is 0 Å². The number of ether oxygens (including phenoxy) is 1. The first-order valence-electron chi connectivity index (χ1n) is 10.2. The van der Waals surface area contributed by atoms with Gasteiger partial charge in [0.05, 0.1) is 6.04 Å². The highest BCUT2D eigenvalue weighted by molar-refractivity contribution is 5.78. The molecule has 1 N–H and O–H groups in total. The van der Waals surface area contributed by atoms with Gasteiger partial charge in [0.15, 0.2) is 6.61 Å². The molecule has 3 rings (SSSR count). The normalized spacial score (nSPS) is 14.5. The molecule has 3 heteroatoms. The van der Waals surface area contributed by atoms with E-state index in [9.17, 15) is 4.79 Å². The van der Waals surface area contributed by atoms with E-state index in [1.807, 2.05) is 18.2 Å². The molecule has 2 aromatic carbocycles. The SMILES string of the molecule is CCC(NC(=O)COc1ccccc1C(C)C)c1ccc2c(c1)CCCC2. The maximum absolute atomic E-state index is 12.5. The molecule has 3 nitrogen and oxygen atoms in total. The van der Waals surface area contributed by atoms with Crippen molar-refractivity contribution in [1.82, 2.24) is 5.32 Å². The van der Waals surface area contributed by atoms with E-state index in [4.69, 9.17) is 4.74 Å². The highest BCUT2D eigenvalue weighted by atomic mass is 16.5. The minimum absolute atomic E-state index is 0.0358. The third kappa shape index (κ3) is 4.91. The summed E-state index contributed by atoms with van der Waals surface area (Å²) in [5.74, 6) is 1.09. The molecule has 1 aliphatic carbocycles. The summed E-state index contributed by atoms with van der Waals surface area (Å²) in [5.41, 5.74) is 5.26. The molecule has 1 amide bonds. The largest absolute Gasteiger partial charge is 0.483 e. The number of aryl methyl sites for hydroxylation is 2. The predicted molar refractivity (Wildman–Crippen MR) is 110 cm³/mol. The smallest absolute Gasteiger partial charge is 0.258 e. The summed E-state index contributed by atoms with van der Waals surface area (Å²) < 4.78 is 5.82. The number of carbonyl (C=O) groups excluding carboxylic acids is 1. The Morgan fingerprint density at radius 3 is 2.56 bits per heavy atom. The molecule has 0 aromatic heterocycles. The highest BCUT2D eigenvalue weighted by Gasteiger charge is 2.17. The molecule has 1 aliphatic rings. The van der Waals surface area contributed by atoms with Gasteiger partial charge in [-0.05, 0) is 66.3 Å². The maximum atomic E-state index is 12.5. The van der Waals surface area contributed by atoms with Crippen LogP contribution in [0.1, 0.15) is 74.2 Å². The topological polar surface area (TPSA) is 38.3 Å². The van der Waals surface area contributed by atoms with Gasteiger partial charge < -0.3 is 10.1 Å².